The van der Waals surface area contributed by atoms with E-state index in [1.807, 2.05) is 6.92 Å². The highest BCUT2D eigenvalue weighted by Gasteiger charge is 2.10. The van der Waals surface area contributed by atoms with Crippen molar-refractivity contribution in [3.05, 3.63) is 41.2 Å². The molecule has 1 N–H and O–H groups in total. The summed E-state index contributed by atoms with van der Waals surface area (Å²) in [7, 11) is 1.54. The predicted molar refractivity (Wildman–Crippen MR) is 73.9 cm³/mol. The Morgan fingerprint density at radius 1 is 1.53 bits per heavy atom. The van der Waals surface area contributed by atoms with Crippen LogP contribution in [0, 0.1) is 0 Å². The van der Waals surface area contributed by atoms with Crippen LogP contribution in [0.2, 0.25) is 5.02 Å². The minimum Gasteiger partial charge on any atom is -0.495 e. The van der Waals surface area contributed by atoms with Gasteiger partial charge in [0, 0.05) is 18.4 Å². The monoisotopic (exact) mass is 279 g/mol. The zero-order chi connectivity index (χ0) is 13.8. The fourth-order valence-corrected chi connectivity index (χ4v) is 1.86. The number of anilines is 1. The highest BCUT2D eigenvalue weighted by Crippen LogP contribution is 2.27. The quantitative estimate of drug-likeness (QED) is 0.936. The van der Waals surface area contributed by atoms with Crippen molar-refractivity contribution < 1.29 is 9.53 Å². The van der Waals surface area contributed by atoms with Gasteiger partial charge in [0.1, 0.15) is 5.75 Å². The number of halogens is 1. The van der Waals surface area contributed by atoms with E-state index in [0.29, 0.717) is 22.0 Å². The molecule has 0 radical (unpaired) electrons. The lowest BCUT2D eigenvalue weighted by atomic mass is 10.2. The van der Waals surface area contributed by atoms with Crippen molar-refractivity contribution in [1.82, 2.24) is 9.78 Å². The van der Waals surface area contributed by atoms with Crippen LogP contribution in [-0.2, 0) is 6.54 Å². The lowest BCUT2D eigenvalue weighted by Gasteiger charge is -2.07. The number of carbonyl (C=O) groups excluding carboxylic acids is 1. The van der Waals surface area contributed by atoms with Crippen LogP contribution >= 0.6 is 11.6 Å². The topological polar surface area (TPSA) is 56.2 Å². The Kier molecular flexibility index (Phi) is 4.06. The van der Waals surface area contributed by atoms with Crippen LogP contribution in [0.1, 0.15) is 17.3 Å². The minimum absolute atomic E-state index is 0.221. The standard InChI is InChI=1S/C13H14ClN3O2/c1-3-17-8-9(7-15-17)13(18)16-10-4-5-12(19-2)11(14)6-10/h4-8H,3H2,1-2H3,(H,16,18). The predicted octanol–water partition coefficient (Wildman–Crippen LogP) is 2.82. The normalized spacial score (nSPS) is 10.3. The maximum Gasteiger partial charge on any atom is 0.258 e. The number of rotatable bonds is 4. The van der Waals surface area contributed by atoms with E-state index in [1.165, 1.54) is 6.20 Å². The number of aryl methyl sites for hydroxylation is 1. The molecule has 1 aromatic heterocycles. The summed E-state index contributed by atoms with van der Waals surface area (Å²) in [5.41, 5.74) is 1.12. The van der Waals surface area contributed by atoms with E-state index < -0.39 is 0 Å². The van der Waals surface area contributed by atoms with Crippen molar-refractivity contribution in [3.8, 4) is 5.75 Å². The summed E-state index contributed by atoms with van der Waals surface area (Å²) in [6, 6.07) is 5.07. The Morgan fingerprint density at radius 3 is 2.89 bits per heavy atom. The summed E-state index contributed by atoms with van der Waals surface area (Å²) in [5.74, 6) is 0.347. The van der Waals surface area contributed by atoms with Gasteiger partial charge in [-0.2, -0.15) is 5.10 Å². The number of benzene rings is 1. The van der Waals surface area contributed by atoms with Gasteiger partial charge >= 0.3 is 0 Å². The smallest absolute Gasteiger partial charge is 0.258 e. The summed E-state index contributed by atoms with van der Waals surface area (Å²) in [6.07, 6.45) is 3.23. The number of ether oxygens (including phenoxy) is 1. The summed E-state index contributed by atoms with van der Waals surface area (Å²) in [4.78, 5) is 12.0. The Balaban J connectivity index is 2.12. The molecule has 100 valence electrons. The van der Waals surface area contributed by atoms with E-state index in [2.05, 4.69) is 10.4 Å². The van der Waals surface area contributed by atoms with E-state index in [4.69, 9.17) is 16.3 Å². The number of hydrogen-bond acceptors (Lipinski definition) is 3. The first-order chi connectivity index (χ1) is 9.13. The number of hydrogen-bond donors (Lipinski definition) is 1. The van der Waals surface area contributed by atoms with Crippen molar-refractivity contribution in [1.29, 1.82) is 0 Å². The first-order valence-corrected chi connectivity index (χ1v) is 6.19. The highest BCUT2D eigenvalue weighted by atomic mass is 35.5. The second kappa shape index (κ2) is 5.75. The van der Waals surface area contributed by atoms with Crippen LogP contribution in [-0.4, -0.2) is 22.8 Å². The van der Waals surface area contributed by atoms with Crippen molar-refractivity contribution in [3.63, 3.8) is 0 Å². The molecule has 0 aliphatic heterocycles. The van der Waals surface area contributed by atoms with Crippen molar-refractivity contribution >= 4 is 23.2 Å². The van der Waals surface area contributed by atoms with Gasteiger partial charge in [-0.25, -0.2) is 0 Å². The second-order valence-electron chi connectivity index (χ2n) is 3.89. The summed E-state index contributed by atoms with van der Waals surface area (Å²) < 4.78 is 6.74. The Labute approximate surface area is 116 Å². The van der Waals surface area contributed by atoms with E-state index in [9.17, 15) is 4.79 Å². The maximum absolute atomic E-state index is 12.0. The van der Waals surface area contributed by atoms with Gasteiger partial charge in [0.2, 0.25) is 0 Å². The van der Waals surface area contributed by atoms with Crippen LogP contribution < -0.4 is 10.1 Å². The summed E-state index contributed by atoms with van der Waals surface area (Å²) >= 11 is 5.99. The molecule has 0 fully saturated rings. The van der Waals surface area contributed by atoms with Gasteiger partial charge in [0.05, 0.1) is 23.9 Å². The molecular formula is C13H14ClN3O2. The van der Waals surface area contributed by atoms with E-state index >= 15 is 0 Å². The molecule has 0 saturated heterocycles. The third-order valence-electron chi connectivity index (χ3n) is 2.63. The van der Waals surface area contributed by atoms with E-state index in [0.717, 1.165) is 6.54 Å². The molecule has 2 aromatic rings. The maximum atomic E-state index is 12.0. The largest absolute Gasteiger partial charge is 0.495 e. The van der Waals surface area contributed by atoms with E-state index in [-0.39, 0.29) is 5.91 Å². The molecule has 6 heteroatoms. The number of nitrogens with zero attached hydrogens (tertiary/aromatic N) is 2. The van der Waals surface area contributed by atoms with Crippen LogP contribution in [0.25, 0.3) is 0 Å². The van der Waals surface area contributed by atoms with Crippen molar-refractivity contribution in [2.75, 3.05) is 12.4 Å². The van der Waals surface area contributed by atoms with Crippen molar-refractivity contribution in [2.45, 2.75) is 13.5 Å². The third-order valence-corrected chi connectivity index (χ3v) is 2.92. The van der Waals surface area contributed by atoms with Crippen molar-refractivity contribution in [2.24, 2.45) is 0 Å². The average Bonchev–Trinajstić information content (AvgIpc) is 2.88. The molecule has 5 nitrogen and oxygen atoms in total. The van der Waals surface area contributed by atoms with Crippen LogP contribution in [0.4, 0.5) is 5.69 Å². The molecule has 1 aromatic carbocycles. The molecule has 0 bridgehead atoms. The molecule has 19 heavy (non-hydrogen) atoms. The van der Waals surface area contributed by atoms with Crippen LogP contribution in [0.3, 0.4) is 0 Å². The fraction of sp³-hybridized carbons (Fsp3) is 0.231. The summed E-state index contributed by atoms with van der Waals surface area (Å²) in [5, 5.41) is 7.26. The number of methoxy groups -OCH3 is 1. The van der Waals surface area contributed by atoms with Gasteiger partial charge < -0.3 is 10.1 Å². The fourth-order valence-electron chi connectivity index (χ4n) is 1.60. The second-order valence-corrected chi connectivity index (χ2v) is 4.30. The Bertz CT molecular complexity index is 595. The van der Waals surface area contributed by atoms with Gasteiger partial charge in [-0.3, -0.25) is 9.48 Å². The molecule has 0 saturated carbocycles. The number of carbonyl (C=O) groups is 1. The SMILES string of the molecule is CCn1cc(C(=O)Nc2ccc(OC)c(Cl)c2)cn1. The zero-order valence-corrected chi connectivity index (χ0v) is 11.4. The van der Waals surface area contributed by atoms with E-state index in [1.54, 1.807) is 36.2 Å². The Morgan fingerprint density at radius 2 is 2.32 bits per heavy atom. The number of nitrogens with one attached hydrogen (secondary N) is 1. The number of aromatic nitrogens is 2. The average molecular weight is 280 g/mol. The molecule has 0 aliphatic rings. The molecule has 0 unspecified atom stereocenters. The Hall–Kier alpha value is -2.01. The molecule has 0 aliphatic carbocycles. The molecular weight excluding hydrogens is 266 g/mol. The molecule has 0 spiro atoms. The third kappa shape index (κ3) is 3.06. The van der Waals surface area contributed by atoms with Gasteiger partial charge in [-0.05, 0) is 25.1 Å². The van der Waals surface area contributed by atoms with Gasteiger partial charge in [-0.15, -0.1) is 0 Å². The summed E-state index contributed by atoms with van der Waals surface area (Å²) in [6.45, 7) is 2.68. The van der Waals surface area contributed by atoms with Gasteiger partial charge in [0.15, 0.2) is 0 Å². The molecule has 2 rings (SSSR count). The van der Waals surface area contributed by atoms with Crippen LogP contribution in [0.5, 0.6) is 5.75 Å². The minimum atomic E-state index is -0.221. The first kappa shape index (κ1) is 13.4. The first-order valence-electron chi connectivity index (χ1n) is 5.81. The molecule has 1 amide bonds. The molecule has 0 atom stereocenters. The lowest BCUT2D eigenvalue weighted by molar-refractivity contribution is 0.102. The number of amides is 1. The van der Waals surface area contributed by atoms with Gasteiger partial charge in [-0.1, -0.05) is 11.6 Å². The lowest BCUT2D eigenvalue weighted by Crippen LogP contribution is -2.11. The molecule has 1 heterocycles. The van der Waals surface area contributed by atoms with Gasteiger partial charge in [0.25, 0.3) is 5.91 Å². The zero-order valence-electron chi connectivity index (χ0n) is 10.7. The van der Waals surface area contributed by atoms with Crippen LogP contribution in [0.15, 0.2) is 30.6 Å². The highest BCUT2D eigenvalue weighted by molar-refractivity contribution is 6.32.